The van der Waals surface area contributed by atoms with Crippen LogP contribution in [-0.2, 0) is 11.3 Å². The molecule has 0 aliphatic carbocycles. The van der Waals surface area contributed by atoms with Gasteiger partial charge in [-0.25, -0.2) is 35.5 Å². The fraction of sp³-hybridized carbons (Fsp3) is 0.0909. The van der Waals surface area contributed by atoms with Crippen LogP contribution in [0.4, 0.5) is 45.2 Å². The number of carboxylic acids is 1. The summed E-state index contributed by atoms with van der Waals surface area (Å²) in [7, 11) is 0. The number of anilines is 1. The zero-order valence-electron chi connectivity index (χ0n) is 17.1. The number of halogens is 9. The highest BCUT2D eigenvalue weighted by molar-refractivity contribution is 6.01. The Kier molecular flexibility index (Phi) is 5.85. The number of carboxylic acid groups (broad SMARTS) is 1. The number of aromatic carboxylic acids is 1. The third-order valence-corrected chi connectivity index (χ3v) is 5.19. The van der Waals surface area contributed by atoms with E-state index in [1.54, 1.807) is 0 Å². The topological polar surface area (TPSA) is 66.8 Å². The second kappa shape index (κ2) is 8.46. The van der Waals surface area contributed by atoms with Crippen LogP contribution in [0.5, 0.6) is 5.75 Å². The molecule has 0 bridgehead atoms. The fourth-order valence-electron chi connectivity index (χ4n) is 3.51. The lowest BCUT2D eigenvalue weighted by molar-refractivity contribution is -0.193. The van der Waals surface area contributed by atoms with Crippen molar-refractivity contribution in [1.82, 2.24) is 0 Å². The number of fused-ring (bicyclic) bond motifs is 1. The number of amides is 1. The highest BCUT2D eigenvalue weighted by Gasteiger charge is 2.51. The van der Waals surface area contributed by atoms with Crippen molar-refractivity contribution in [1.29, 1.82) is 0 Å². The standard InChI is InChI=1S/C22H8F9NO4/c23-10-5-12-11(4-9(10)13-15(25)17(27)19(29)18(28)16(13)26)32(21(35)22(30,31)36-12)6-7-2-1-3-8(14(7)24)20(33)34/h1-5H,6H2,(H,33,34). The summed E-state index contributed by atoms with van der Waals surface area (Å²) in [6, 6.07) is 3.20. The highest BCUT2D eigenvalue weighted by Crippen LogP contribution is 2.45. The molecule has 1 aliphatic heterocycles. The van der Waals surface area contributed by atoms with Crippen molar-refractivity contribution in [3.05, 3.63) is 82.2 Å². The molecule has 3 aromatic rings. The molecule has 0 aromatic heterocycles. The van der Waals surface area contributed by atoms with Gasteiger partial charge in [0.1, 0.15) is 11.6 Å². The SMILES string of the molecule is O=C(O)c1cccc(CN2C(=O)C(F)(F)Oc3cc(F)c(-c4c(F)c(F)c(F)c(F)c4F)cc32)c1F. The molecule has 0 unspecified atom stereocenters. The molecule has 0 radical (unpaired) electrons. The fourth-order valence-corrected chi connectivity index (χ4v) is 3.51. The van der Waals surface area contributed by atoms with Crippen LogP contribution in [0.1, 0.15) is 15.9 Å². The zero-order valence-corrected chi connectivity index (χ0v) is 17.1. The number of nitrogens with zero attached hydrogens (tertiary/aromatic N) is 1. The Morgan fingerprint density at radius 3 is 2.06 bits per heavy atom. The van der Waals surface area contributed by atoms with E-state index in [1.165, 1.54) is 0 Å². The van der Waals surface area contributed by atoms with Gasteiger partial charge in [-0.15, -0.1) is 0 Å². The molecule has 0 saturated heterocycles. The molecule has 0 spiro atoms. The molecule has 14 heteroatoms. The van der Waals surface area contributed by atoms with E-state index in [0.29, 0.717) is 6.07 Å². The second-order valence-corrected chi connectivity index (χ2v) is 7.34. The molecule has 5 nitrogen and oxygen atoms in total. The number of rotatable bonds is 4. The molecule has 4 rings (SSSR count). The third-order valence-electron chi connectivity index (χ3n) is 5.19. The molecular formula is C22H8F9NO4. The lowest BCUT2D eigenvalue weighted by atomic mass is 10.00. The van der Waals surface area contributed by atoms with Crippen LogP contribution in [0.25, 0.3) is 11.1 Å². The van der Waals surface area contributed by atoms with Gasteiger partial charge >= 0.3 is 18.0 Å². The maximum Gasteiger partial charge on any atom is 0.482 e. The van der Waals surface area contributed by atoms with Crippen LogP contribution >= 0.6 is 0 Å². The minimum Gasteiger partial charge on any atom is -0.478 e. The molecule has 1 amide bonds. The Balaban J connectivity index is 1.94. The second-order valence-electron chi connectivity index (χ2n) is 7.34. The Morgan fingerprint density at radius 2 is 1.47 bits per heavy atom. The van der Waals surface area contributed by atoms with Gasteiger partial charge in [0.15, 0.2) is 29.0 Å². The number of alkyl halides is 2. The van der Waals surface area contributed by atoms with Crippen molar-refractivity contribution in [2.24, 2.45) is 0 Å². The van der Waals surface area contributed by atoms with Crippen molar-refractivity contribution in [2.75, 3.05) is 4.90 Å². The van der Waals surface area contributed by atoms with Crippen molar-refractivity contribution in [3.63, 3.8) is 0 Å². The number of carbonyl (C=O) groups is 2. The van der Waals surface area contributed by atoms with Gasteiger partial charge in [0.2, 0.25) is 5.82 Å². The van der Waals surface area contributed by atoms with E-state index >= 15 is 0 Å². The van der Waals surface area contributed by atoms with E-state index in [-0.39, 0.29) is 11.0 Å². The van der Waals surface area contributed by atoms with Crippen LogP contribution in [-0.4, -0.2) is 23.1 Å². The van der Waals surface area contributed by atoms with Crippen LogP contribution in [0.15, 0.2) is 30.3 Å². The molecule has 188 valence electrons. The Morgan fingerprint density at radius 1 is 0.889 bits per heavy atom. The van der Waals surface area contributed by atoms with E-state index in [2.05, 4.69) is 4.74 Å². The van der Waals surface area contributed by atoms with Crippen molar-refractivity contribution >= 4 is 17.6 Å². The van der Waals surface area contributed by atoms with Gasteiger partial charge in [-0.1, -0.05) is 12.1 Å². The Labute approximate surface area is 193 Å². The first-order chi connectivity index (χ1) is 16.8. The summed E-state index contributed by atoms with van der Waals surface area (Å²) in [5.41, 5.74) is -5.45. The highest BCUT2D eigenvalue weighted by atomic mass is 19.3. The number of hydrogen-bond donors (Lipinski definition) is 1. The normalized spacial score (nSPS) is 14.5. The molecule has 36 heavy (non-hydrogen) atoms. The van der Waals surface area contributed by atoms with Gasteiger partial charge in [0.05, 0.1) is 23.4 Å². The van der Waals surface area contributed by atoms with E-state index in [4.69, 9.17) is 5.11 Å². The van der Waals surface area contributed by atoms with E-state index in [1.807, 2.05) is 0 Å². The number of benzene rings is 3. The monoisotopic (exact) mass is 521 g/mol. The predicted molar refractivity (Wildman–Crippen MR) is 102 cm³/mol. The molecule has 1 aliphatic rings. The van der Waals surface area contributed by atoms with Crippen molar-refractivity contribution in [3.8, 4) is 16.9 Å². The maximum atomic E-state index is 14.7. The molecule has 0 atom stereocenters. The number of ether oxygens (including phenoxy) is 1. The molecule has 3 aromatic carbocycles. The van der Waals surface area contributed by atoms with Gasteiger partial charge in [-0.05, 0) is 12.1 Å². The van der Waals surface area contributed by atoms with Crippen LogP contribution < -0.4 is 9.64 Å². The van der Waals surface area contributed by atoms with Gasteiger partial charge in [-0.2, -0.15) is 8.78 Å². The summed E-state index contributed by atoms with van der Waals surface area (Å²) < 4.78 is 131. The van der Waals surface area contributed by atoms with Crippen molar-refractivity contribution < 1.29 is 58.9 Å². The summed E-state index contributed by atoms with van der Waals surface area (Å²) in [6.07, 6.45) is -4.65. The Hall–Kier alpha value is -4.23. The number of carbonyl (C=O) groups excluding carboxylic acids is 1. The van der Waals surface area contributed by atoms with Gasteiger partial charge < -0.3 is 9.84 Å². The van der Waals surface area contributed by atoms with E-state index in [0.717, 1.165) is 18.2 Å². The van der Waals surface area contributed by atoms with E-state index in [9.17, 15) is 49.1 Å². The third kappa shape index (κ3) is 3.78. The van der Waals surface area contributed by atoms with Gasteiger partial charge in [0, 0.05) is 17.2 Å². The largest absolute Gasteiger partial charge is 0.482 e. The average molecular weight is 521 g/mol. The molecule has 0 saturated carbocycles. The van der Waals surface area contributed by atoms with Gasteiger partial charge in [0.25, 0.3) is 0 Å². The van der Waals surface area contributed by atoms with Gasteiger partial charge in [-0.3, -0.25) is 9.69 Å². The van der Waals surface area contributed by atoms with E-state index < -0.39 is 98.9 Å². The van der Waals surface area contributed by atoms with Crippen molar-refractivity contribution in [2.45, 2.75) is 12.7 Å². The minimum absolute atomic E-state index is 0.0812. The molecular weight excluding hydrogens is 513 g/mol. The first-order valence-corrected chi connectivity index (χ1v) is 9.51. The summed E-state index contributed by atoms with van der Waals surface area (Å²) in [5, 5.41) is 9.04. The quantitative estimate of drug-likeness (QED) is 0.278. The van der Waals surface area contributed by atoms with Crippen LogP contribution in [0, 0.1) is 40.7 Å². The Bertz CT molecular complexity index is 1430. The summed E-state index contributed by atoms with van der Waals surface area (Å²) in [5.74, 6) is -20.5. The minimum atomic E-state index is -4.65. The lowest BCUT2D eigenvalue weighted by Gasteiger charge is -2.34. The molecule has 0 fully saturated rings. The molecule has 1 heterocycles. The summed E-state index contributed by atoms with van der Waals surface area (Å²) in [6.45, 7) is -1.11. The maximum absolute atomic E-state index is 14.7. The predicted octanol–water partition coefficient (Wildman–Crippen LogP) is 5.54. The summed E-state index contributed by atoms with van der Waals surface area (Å²) in [4.78, 5) is 23.6. The first-order valence-electron chi connectivity index (χ1n) is 9.51. The number of hydrogen-bond acceptors (Lipinski definition) is 3. The first kappa shape index (κ1) is 24.9. The van der Waals surface area contributed by atoms with Crippen LogP contribution in [0.3, 0.4) is 0 Å². The zero-order chi connectivity index (χ0) is 26.7. The summed E-state index contributed by atoms with van der Waals surface area (Å²) >= 11 is 0. The molecule has 1 N–H and O–H groups in total. The smallest absolute Gasteiger partial charge is 0.478 e. The van der Waals surface area contributed by atoms with Crippen LogP contribution in [0.2, 0.25) is 0 Å². The average Bonchev–Trinajstić information content (AvgIpc) is 2.81. The lowest BCUT2D eigenvalue weighted by Crippen LogP contribution is -2.50.